The molecule has 0 radical (unpaired) electrons. The maximum atomic E-state index is 11.3. The Balaban J connectivity index is 3.22. The van der Waals surface area contributed by atoms with Gasteiger partial charge in [-0.05, 0) is 27.8 Å². The van der Waals surface area contributed by atoms with Crippen LogP contribution in [0, 0.1) is 0 Å². The topological polar surface area (TPSA) is 115 Å². The van der Waals surface area contributed by atoms with Crippen molar-refractivity contribution in [3.8, 4) is 0 Å². The number of carbonyl (C=O) groups excluding carboxylic acids is 1. The van der Waals surface area contributed by atoms with Gasteiger partial charge in [0.05, 0.1) is 6.20 Å². The predicted octanol–water partition coefficient (Wildman–Crippen LogP) is 2.95. The minimum Gasteiger partial charge on any atom is -0.350 e. The monoisotopic (exact) mass is 363 g/mol. The number of nitrogens with two attached hydrogens (primary N) is 1. The highest BCUT2D eigenvalue weighted by Crippen LogP contribution is 1.80. The molecular formula is C19H21N7O. The molecule has 0 aromatic carbocycles. The maximum Gasteiger partial charge on any atom is 0.338 e. The molecule has 0 spiro atoms. The molecule has 0 saturated heterocycles. The normalized spacial score (nSPS) is 8.30. The van der Waals surface area contributed by atoms with E-state index < -0.39 is 6.03 Å². The SMILES string of the molecule is NC(=O)n1ccccccccccccccccccnnnn[nH]1. The van der Waals surface area contributed by atoms with Crippen molar-refractivity contribution < 1.29 is 4.79 Å². The van der Waals surface area contributed by atoms with E-state index in [0.29, 0.717) is 0 Å². The molecule has 27 heavy (non-hydrogen) atoms. The summed E-state index contributed by atoms with van der Waals surface area (Å²) in [7, 11) is 0. The van der Waals surface area contributed by atoms with E-state index in [1.807, 2.05) is 66.7 Å². The lowest BCUT2D eigenvalue weighted by molar-refractivity contribution is 0.246. The van der Waals surface area contributed by atoms with E-state index in [1.165, 1.54) is 12.4 Å². The number of aromatic amines is 1. The van der Waals surface area contributed by atoms with Gasteiger partial charge in [-0.25, -0.2) is 4.79 Å². The summed E-state index contributed by atoms with van der Waals surface area (Å²) in [5.74, 6) is 0. The number of hydrogen-bond donors (Lipinski definition) is 2. The van der Waals surface area contributed by atoms with Crippen LogP contribution < -0.4 is 5.73 Å². The summed E-state index contributed by atoms with van der Waals surface area (Å²) in [6.07, 6.45) is 2.83. The fourth-order valence-corrected chi connectivity index (χ4v) is 1.42. The van der Waals surface area contributed by atoms with Crippen molar-refractivity contribution in [2.45, 2.75) is 0 Å². The van der Waals surface area contributed by atoms with Crippen molar-refractivity contribution in [3.05, 3.63) is 109 Å². The van der Waals surface area contributed by atoms with E-state index in [2.05, 4.69) is 26.0 Å². The lowest BCUT2D eigenvalue weighted by Crippen LogP contribution is -2.21. The third-order valence-electron chi connectivity index (χ3n) is 2.58. The fraction of sp³-hybridized carbons (Fsp3) is 0. The van der Waals surface area contributed by atoms with E-state index >= 15 is 0 Å². The van der Waals surface area contributed by atoms with Crippen LogP contribution in [0.15, 0.2) is 109 Å². The Bertz CT molecular complexity index is 799. The molecule has 1 aromatic rings. The second-order valence-corrected chi connectivity index (χ2v) is 4.58. The van der Waals surface area contributed by atoms with Gasteiger partial charge in [0.1, 0.15) is 0 Å². The number of nitrogens with zero attached hydrogens (tertiary/aromatic N) is 5. The molecule has 1 amide bonds. The minimum absolute atomic E-state index is 0.755. The molecule has 0 bridgehead atoms. The summed E-state index contributed by atoms with van der Waals surface area (Å²) in [6.45, 7) is 0. The van der Waals surface area contributed by atoms with E-state index in [1.54, 1.807) is 30.3 Å². The van der Waals surface area contributed by atoms with Crippen molar-refractivity contribution >= 4 is 6.03 Å². The molecule has 0 aliphatic rings. The zero-order chi connectivity index (χ0) is 19.4. The zero-order valence-electron chi connectivity index (χ0n) is 14.6. The van der Waals surface area contributed by atoms with Crippen molar-refractivity contribution in [1.82, 2.24) is 30.6 Å². The molecule has 1 heterocycles. The lowest BCUT2D eigenvalue weighted by atomic mass is 10.4. The molecule has 0 unspecified atom stereocenters. The van der Waals surface area contributed by atoms with Gasteiger partial charge in [0.2, 0.25) is 0 Å². The average molecular weight is 363 g/mol. The number of H-pyrrole nitrogens is 1. The van der Waals surface area contributed by atoms with Gasteiger partial charge in [-0.15, -0.1) is 5.10 Å². The lowest BCUT2D eigenvalue weighted by Gasteiger charge is -1.92. The van der Waals surface area contributed by atoms with E-state index in [9.17, 15) is 4.79 Å². The van der Waals surface area contributed by atoms with Gasteiger partial charge >= 0.3 is 6.03 Å². The zero-order valence-corrected chi connectivity index (χ0v) is 14.6. The number of carbonyl (C=O) groups is 1. The Morgan fingerprint density at radius 2 is 1.11 bits per heavy atom. The number of primary amides is 1. The third kappa shape index (κ3) is 13.0. The maximum absolute atomic E-state index is 11.3. The first-order valence-electron chi connectivity index (χ1n) is 7.95. The molecule has 8 nitrogen and oxygen atoms in total. The number of aromatic nitrogens is 6. The van der Waals surface area contributed by atoms with Crippen LogP contribution in [0.1, 0.15) is 0 Å². The smallest absolute Gasteiger partial charge is 0.338 e. The van der Waals surface area contributed by atoms with Crippen molar-refractivity contribution in [3.63, 3.8) is 0 Å². The number of nitrogens with one attached hydrogen (secondary N) is 1. The second kappa shape index (κ2) is 15.5. The Kier molecular flexibility index (Phi) is 12.0. The molecule has 138 valence electrons. The van der Waals surface area contributed by atoms with Crippen molar-refractivity contribution in [1.29, 1.82) is 0 Å². The third-order valence-corrected chi connectivity index (χ3v) is 2.58. The van der Waals surface area contributed by atoms with Gasteiger partial charge in [-0.2, -0.15) is 9.90 Å². The minimum atomic E-state index is -0.755. The Labute approximate surface area is 157 Å². The van der Waals surface area contributed by atoms with Crippen LogP contribution in [0.3, 0.4) is 0 Å². The van der Waals surface area contributed by atoms with Crippen molar-refractivity contribution in [2.75, 3.05) is 0 Å². The summed E-state index contributed by atoms with van der Waals surface area (Å²) in [4.78, 5) is 11.3. The largest absolute Gasteiger partial charge is 0.350 e. The van der Waals surface area contributed by atoms with Gasteiger partial charge in [0.25, 0.3) is 0 Å². The number of rotatable bonds is 0. The van der Waals surface area contributed by atoms with Crippen LogP contribution in [-0.2, 0) is 0 Å². The quantitative estimate of drug-likeness (QED) is 0.735. The number of amides is 1. The molecule has 0 aliphatic heterocycles. The van der Waals surface area contributed by atoms with E-state index in [0.717, 1.165) is 4.68 Å². The van der Waals surface area contributed by atoms with Crippen LogP contribution in [0.2, 0.25) is 0 Å². The van der Waals surface area contributed by atoms with Gasteiger partial charge in [0.15, 0.2) is 0 Å². The van der Waals surface area contributed by atoms with Crippen LogP contribution in [-0.4, -0.2) is 36.7 Å². The first-order chi connectivity index (χ1) is 13.3. The first kappa shape index (κ1) is 21.0. The van der Waals surface area contributed by atoms with E-state index in [4.69, 9.17) is 5.73 Å². The second-order valence-electron chi connectivity index (χ2n) is 4.58. The molecule has 1 aromatic heterocycles. The highest BCUT2D eigenvalue weighted by Gasteiger charge is 1.88. The summed E-state index contributed by atoms with van der Waals surface area (Å²) in [6, 6.07) is 28.7. The standard InChI is InChI=1S/C19H21N7O/c20-19(27)26-18-16-14-12-10-8-6-4-2-1-3-5-7-9-11-13-15-17-21-22-23-24-25-26/h1-18H,(H2,20,27)(H,21,23,25). The van der Waals surface area contributed by atoms with Crippen LogP contribution in [0.4, 0.5) is 4.79 Å². The Hall–Kier alpha value is -4.07. The van der Waals surface area contributed by atoms with Crippen molar-refractivity contribution in [2.24, 2.45) is 5.73 Å². The molecule has 1 rings (SSSR count). The first-order valence-corrected chi connectivity index (χ1v) is 7.95. The molecule has 0 aliphatic carbocycles. The molecule has 0 saturated carbocycles. The van der Waals surface area contributed by atoms with Gasteiger partial charge in [0, 0.05) is 6.20 Å². The molecular weight excluding hydrogens is 342 g/mol. The molecule has 3 N–H and O–H groups in total. The van der Waals surface area contributed by atoms with Crippen LogP contribution in [0.5, 0.6) is 0 Å². The number of hydrogen-bond acceptors (Lipinski definition) is 5. The van der Waals surface area contributed by atoms with E-state index in [-0.39, 0.29) is 0 Å². The molecule has 0 atom stereocenters. The summed E-state index contributed by atoms with van der Waals surface area (Å²) >= 11 is 0. The summed E-state index contributed by atoms with van der Waals surface area (Å²) < 4.78 is 0.939. The predicted molar refractivity (Wildman–Crippen MR) is 103 cm³/mol. The highest BCUT2D eigenvalue weighted by molar-refractivity contribution is 5.72. The Morgan fingerprint density at radius 1 is 0.667 bits per heavy atom. The molecule has 0 fully saturated rings. The van der Waals surface area contributed by atoms with Crippen LogP contribution >= 0.6 is 0 Å². The van der Waals surface area contributed by atoms with Gasteiger partial charge < -0.3 is 5.73 Å². The summed E-state index contributed by atoms with van der Waals surface area (Å²) in [5, 5.41) is 16.2. The van der Waals surface area contributed by atoms with Gasteiger partial charge in [-0.1, -0.05) is 84.9 Å². The molecule has 8 heteroatoms. The fourth-order valence-electron chi connectivity index (χ4n) is 1.42. The van der Waals surface area contributed by atoms with Crippen LogP contribution in [0.25, 0.3) is 0 Å². The Morgan fingerprint density at radius 3 is 1.59 bits per heavy atom. The highest BCUT2D eigenvalue weighted by atomic mass is 16.2. The summed E-state index contributed by atoms with van der Waals surface area (Å²) in [5.41, 5.74) is 5.21. The van der Waals surface area contributed by atoms with Gasteiger partial charge in [-0.3, -0.25) is 0 Å². The average Bonchev–Trinajstić information content (AvgIpc) is 2.65.